The zero-order chi connectivity index (χ0) is 12.3. The summed E-state index contributed by atoms with van der Waals surface area (Å²) in [7, 11) is 4.92. The fourth-order valence-corrected chi connectivity index (χ4v) is 2.66. The van der Waals surface area contributed by atoms with Gasteiger partial charge in [0.2, 0.25) is 0 Å². The van der Waals surface area contributed by atoms with Crippen molar-refractivity contribution in [2.24, 2.45) is 0 Å². The van der Waals surface area contributed by atoms with E-state index < -0.39 is 8.07 Å². The largest absolute Gasteiger partial charge is 0.361 e. The molecule has 88 valence electrons. The molecule has 0 amide bonds. The molecule has 0 atom stereocenters. The summed E-state index contributed by atoms with van der Waals surface area (Å²) in [5.74, 6) is 0. The first-order valence-electron chi connectivity index (χ1n) is 5.50. The molecule has 16 heavy (non-hydrogen) atoms. The number of hydrogen-bond donors (Lipinski definition) is 0. The molecule has 0 bridgehead atoms. The second-order valence-corrected chi connectivity index (χ2v) is 11.8. The highest BCUT2D eigenvalue weighted by atomic mass is 79.9. The standard InChI is InChI=1S/C11H19BBrNOSi/c1-9-7-10(13)11(12)14(9)8-15-5-6-16(2,3)4/h7H,5-6,8H2,1-4H3. The Kier molecular flexibility index (Phi) is 4.89. The lowest BCUT2D eigenvalue weighted by Crippen LogP contribution is -2.24. The van der Waals surface area contributed by atoms with Crippen LogP contribution < -0.4 is 5.59 Å². The normalized spacial score (nSPS) is 12.1. The molecule has 0 aromatic carbocycles. The van der Waals surface area contributed by atoms with Crippen LogP contribution in [0.15, 0.2) is 10.5 Å². The van der Waals surface area contributed by atoms with Crippen LogP contribution in [0.4, 0.5) is 0 Å². The molecule has 1 rings (SSSR count). The Morgan fingerprint density at radius 1 is 1.44 bits per heavy atom. The average Bonchev–Trinajstić information content (AvgIpc) is 2.36. The first-order chi connectivity index (χ1) is 7.31. The fourth-order valence-electron chi connectivity index (χ4n) is 1.36. The lowest BCUT2D eigenvalue weighted by atomic mass is 10.1. The van der Waals surface area contributed by atoms with E-state index in [1.54, 1.807) is 0 Å². The molecule has 5 heteroatoms. The minimum absolute atomic E-state index is 0.549. The van der Waals surface area contributed by atoms with Crippen LogP contribution in [0.25, 0.3) is 0 Å². The molecule has 2 radical (unpaired) electrons. The first kappa shape index (κ1) is 14.1. The molecule has 1 aromatic rings. The molecular formula is C11H19BBrNOSi. The topological polar surface area (TPSA) is 14.2 Å². The van der Waals surface area contributed by atoms with E-state index in [1.807, 2.05) is 17.6 Å². The van der Waals surface area contributed by atoms with Crippen LogP contribution in [-0.2, 0) is 11.5 Å². The SMILES string of the molecule is [B]c1c(Br)cc(C)n1COCC[Si](C)(C)C. The van der Waals surface area contributed by atoms with Crippen molar-refractivity contribution in [2.75, 3.05) is 6.61 Å². The second kappa shape index (κ2) is 5.56. The van der Waals surface area contributed by atoms with E-state index in [0.717, 1.165) is 22.4 Å². The summed E-state index contributed by atoms with van der Waals surface area (Å²) in [4.78, 5) is 0. The van der Waals surface area contributed by atoms with Gasteiger partial charge < -0.3 is 9.30 Å². The fraction of sp³-hybridized carbons (Fsp3) is 0.636. The number of halogens is 1. The van der Waals surface area contributed by atoms with Gasteiger partial charge in [-0.2, -0.15) is 0 Å². The van der Waals surface area contributed by atoms with Gasteiger partial charge in [0.25, 0.3) is 0 Å². The van der Waals surface area contributed by atoms with Crippen molar-refractivity contribution in [1.82, 2.24) is 4.57 Å². The summed E-state index contributed by atoms with van der Waals surface area (Å²) in [6.45, 7) is 10.5. The van der Waals surface area contributed by atoms with Crippen LogP contribution in [0, 0.1) is 6.92 Å². The van der Waals surface area contributed by atoms with Crippen LogP contribution in [-0.4, -0.2) is 27.1 Å². The van der Waals surface area contributed by atoms with Crippen LogP contribution in [0.3, 0.4) is 0 Å². The Balaban J connectivity index is 2.43. The van der Waals surface area contributed by atoms with Gasteiger partial charge in [0.1, 0.15) is 14.6 Å². The van der Waals surface area contributed by atoms with Crippen LogP contribution in [0.2, 0.25) is 25.7 Å². The Morgan fingerprint density at radius 3 is 2.50 bits per heavy atom. The predicted octanol–water partition coefficient (Wildman–Crippen LogP) is 2.67. The summed E-state index contributed by atoms with van der Waals surface area (Å²) >= 11 is 3.41. The number of hydrogen-bond acceptors (Lipinski definition) is 1. The Hall–Kier alpha value is 0.00182. The molecule has 1 heterocycles. The number of ether oxygens (including phenoxy) is 1. The number of nitrogens with zero attached hydrogens (tertiary/aromatic N) is 1. The van der Waals surface area contributed by atoms with E-state index in [9.17, 15) is 0 Å². The van der Waals surface area contributed by atoms with Crippen molar-refractivity contribution in [3.05, 3.63) is 16.2 Å². The molecule has 0 unspecified atom stereocenters. The molecule has 0 saturated heterocycles. The zero-order valence-corrected chi connectivity index (χ0v) is 13.1. The summed E-state index contributed by atoms with van der Waals surface area (Å²) in [6, 6.07) is 3.20. The molecule has 0 spiro atoms. The highest BCUT2D eigenvalue weighted by Gasteiger charge is 2.12. The van der Waals surface area contributed by atoms with Gasteiger partial charge in [0.05, 0.1) is 0 Å². The van der Waals surface area contributed by atoms with Gasteiger partial charge in [-0.05, 0) is 40.6 Å². The molecule has 1 aromatic heterocycles. The predicted molar refractivity (Wildman–Crippen MR) is 76.4 cm³/mol. The number of aryl methyl sites for hydroxylation is 1. The van der Waals surface area contributed by atoms with Crippen molar-refractivity contribution in [3.8, 4) is 0 Å². The van der Waals surface area contributed by atoms with Crippen LogP contribution >= 0.6 is 15.9 Å². The van der Waals surface area contributed by atoms with Crippen molar-refractivity contribution in [1.29, 1.82) is 0 Å². The van der Waals surface area contributed by atoms with E-state index in [4.69, 9.17) is 12.6 Å². The Labute approximate surface area is 109 Å². The third-order valence-electron chi connectivity index (χ3n) is 2.51. The van der Waals surface area contributed by atoms with Gasteiger partial charge in [-0.15, -0.1) is 0 Å². The molecular weight excluding hydrogens is 281 g/mol. The lowest BCUT2D eigenvalue weighted by molar-refractivity contribution is 0.0881. The van der Waals surface area contributed by atoms with Gasteiger partial charge in [0.15, 0.2) is 0 Å². The first-order valence-corrected chi connectivity index (χ1v) is 10.00. The number of rotatable bonds is 5. The Morgan fingerprint density at radius 2 is 2.06 bits per heavy atom. The van der Waals surface area contributed by atoms with E-state index in [2.05, 4.69) is 35.6 Å². The molecule has 0 saturated carbocycles. The molecule has 0 aliphatic heterocycles. The Bertz CT molecular complexity index is 360. The van der Waals surface area contributed by atoms with E-state index >= 15 is 0 Å². The molecule has 0 N–H and O–H groups in total. The zero-order valence-electron chi connectivity index (χ0n) is 10.5. The molecule has 0 aliphatic rings. The minimum atomic E-state index is -0.992. The third kappa shape index (κ3) is 4.11. The maximum absolute atomic E-state index is 5.92. The quantitative estimate of drug-likeness (QED) is 0.602. The highest BCUT2D eigenvalue weighted by Crippen LogP contribution is 2.12. The summed E-state index contributed by atoms with van der Waals surface area (Å²) in [6.07, 6.45) is 0. The van der Waals surface area contributed by atoms with Gasteiger partial charge in [-0.25, -0.2) is 0 Å². The van der Waals surface area contributed by atoms with Gasteiger partial charge in [0, 0.05) is 24.8 Å². The summed E-state index contributed by atoms with van der Waals surface area (Å²) in [5, 5.41) is 0. The smallest absolute Gasteiger partial charge is 0.140 e. The van der Waals surface area contributed by atoms with Crippen molar-refractivity contribution >= 4 is 37.4 Å². The van der Waals surface area contributed by atoms with Crippen LogP contribution in [0.5, 0.6) is 0 Å². The van der Waals surface area contributed by atoms with Gasteiger partial charge in [-0.1, -0.05) is 19.6 Å². The van der Waals surface area contributed by atoms with E-state index in [-0.39, 0.29) is 0 Å². The molecule has 0 fully saturated rings. The third-order valence-corrected chi connectivity index (χ3v) is 4.85. The molecule has 2 nitrogen and oxygen atoms in total. The molecule has 0 aliphatic carbocycles. The summed E-state index contributed by atoms with van der Waals surface area (Å²) in [5.41, 5.74) is 1.86. The average molecular weight is 300 g/mol. The maximum atomic E-state index is 5.92. The monoisotopic (exact) mass is 299 g/mol. The lowest BCUT2D eigenvalue weighted by Gasteiger charge is -2.16. The van der Waals surface area contributed by atoms with Crippen molar-refractivity contribution in [3.63, 3.8) is 0 Å². The van der Waals surface area contributed by atoms with Gasteiger partial charge in [-0.3, -0.25) is 0 Å². The van der Waals surface area contributed by atoms with E-state index in [0.29, 0.717) is 6.73 Å². The second-order valence-electron chi connectivity index (χ2n) is 5.29. The highest BCUT2D eigenvalue weighted by molar-refractivity contribution is 9.10. The van der Waals surface area contributed by atoms with Crippen molar-refractivity contribution < 1.29 is 4.74 Å². The van der Waals surface area contributed by atoms with Crippen LogP contribution in [0.1, 0.15) is 5.69 Å². The summed E-state index contributed by atoms with van der Waals surface area (Å²) < 4.78 is 8.59. The minimum Gasteiger partial charge on any atom is -0.361 e. The number of aromatic nitrogens is 1. The van der Waals surface area contributed by atoms with E-state index in [1.165, 1.54) is 6.04 Å². The maximum Gasteiger partial charge on any atom is 0.140 e. The van der Waals surface area contributed by atoms with Gasteiger partial charge >= 0.3 is 0 Å². The van der Waals surface area contributed by atoms with Crippen molar-refractivity contribution in [2.45, 2.75) is 39.3 Å².